The Balaban J connectivity index is 1.21. The van der Waals surface area contributed by atoms with Crippen molar-refractivity contribution in [2.45, 2.75) is 25.9 Å². The van der Waals surface area contributed by atoms with Gasteiger partial charge in [-0.1, -0.05) is 19.1 Å². The Labute approximate surface area is 172 Å². The monoisotopic (exact) mass is 395 g/mol. The molecule has 1 saturated heterocycles. The van der Waals surface area contributed by atoms with Gasteiger partial charge in [-0.05, 0) is 47.9 Å². The van der Waals surface area contributed by atoms with E-state index in [1.54, 1.807) is 0 Å². The Hall–Kier alpha value is -2.57. The number of ether oxygens (including phenoxy) is 1. The van der Waals surface area contributed by atoms with Gasteiger partial charge in [0.05, 0.1) is 6.42 Å². The molecule has 2 N–H and O–H groups in total. The van der Waals surface area contributed by atoms with E-state index in [9.17, 15) is 9.90 Å². The van der Waals surface area contributed by atoms with E-state index in [1.807, 2.05) is 18.2 Å². The lowest BCUT2D eigenvalue weighted by atomic mass is 10.1. The van der Waals surface area contributed by atoms with Crippen LogP contribution in [-0.4, -0.2) is 61.3 Å². The third-order valence-electron chi connectivity index (χ3n) is 5.70. The highest BCUT2D eigenvalue weighted by molar-refractivity contribution is 5.99. The van der Waals surface area contributed by atoms with Crippen molar-refractivity contribution < 1.29 is 14.6 Å². The van der Waals surface area contributed by atoms with Crippen LogP contribution in [-0.2, 0) is 17.6 Å². The number of anilines is 2. The zero-order valence-electron chi connectivity index (χ0n) is 16.9. The first kappa shape index (κ1) is 19.7. The number of nitrogens with zero attached hydrogens (tertiary/aromatic N) is 2. The van der Waals surface area contributed by atoms with Crippen LogP contribution in [0.4, 0.5) is 11.4 Å². The molecule has 4 rings (SSSR count). The number of carbonyl (C=O) groups is 1. The van der Waals surface area contributed by atoms with Gasteiger partial charge in [0.2, 0.25) is 5.91 Å². The van der Waals surface area contributed by atoms with Crippen LogP contribution in [0.15, 0.2) is 42.5 Å². The lowest BCUT2D eigenvalue weighted by Crippen LogP contribution is -2.49. The maximum Gasteiger partial charge on any atom is 0.228 e. The normalized spacial score (nSPS) is 17.7. The number of rotatable bonds is 7. The first-order valence-electron chi connectivity index (χ1n) is 10.4. The second-order valence-corrected chi connectivity index (χ2v) is 7.82. The van der Waals surface area contributed by atoms with Gasteiger partial charge in [0, 0.05) is 44.1 Å². The Bertz CT molecular complexity index is 845. The number of amides is 1. The van der Waals surface area contributed by atoms with E-state index in [2.05, 4.69) is 46.3 Å². The van der Waals surface area contributed by atoms with Crippen molar-refractivity contribution in [1.29, 1.82) is 0 Å². The average Bonchev–Trinajstić information content (AvgIpc) is 3.12. The summed E-state index contributed by atoms with van der Waals surface area (Å²) in [4.78, 5) is 16.1. The van der Waals surface area contributed by atoms with Crippen molar-refractivity contribution in [3.8, 4) is 5.75 Å². The number of β-amino-alcohol motifs (C(OH)–C–C–N with tert-alkyl or cyclic N) is 1. The maximum atomic E-state index is 11.4. The Morgan fingerprint density at radius 3 is 2.59 bits per heavy atom. The fourth-order valence-electron chi connectivity index (χ4n) is 3.97. The van der Waals surface area contributed by atoms with E-state index in [0.29, 0.717) is 18.7 Å². The molecule has 0 aromatic heterocycles. The zero-order valence-corrected chi connectivity index (χ0v) is 16.9. The summed E-state index contributed by atoms with van der Waals surface area (Å²) in [6.07, 6.45) is 0.910. The number of carbonyl (C=O) groups excluding carboxylic acids is 1. The molecular weight excluding hydrogens is 366 g/mol. The van der Waals surface area contributed by atoms with Gasteiger partial charge in [0.1, 0.15) is 18.5 Å². The summed E-state index contributed by atoms with van der Waals surface area (Å²) < 4.78 is 5.76. The summed E-state index contributed by atoms with van der Waals surface area (Å²) in [5, 5.41) is 13.2. The SMILES string of the molecule is CCc1ccc(N2CCN(C[C@H](O)COc3ccc4c(c3)CC(=O)N4)CC2)cc1. The third kappa shape index (κ3) is 4.89. The van der Waals surface area contributed by atoms with E-state index in [-0.39, 0.29) is 12.5 Å². The van der Waals surface area contributed by atoms with E-state index in [1.165, 1.54) is 11.3 Å². The molecule has 0 bridgehead atoms. The number of aliphatic hydroxyl groups excluding tert-OH is 1. The molecule has 2 aromatic rings. The highest BCUT2D eigenvalue weighted by Gasteiger charge is 2.21. The minimum atomic E-state index is -0.543. The molecule has 2 aliphatic rings. The summed E-state index contributed by atoms with van der Waals surface area (Å²) in [7, 11) is 0. The second-order valence-electron chi connectivity index (χ2n) is 7.82. The van der Waals surface area contributed by atoms with Gasteiger partial charge in [-0.25, -0.2) is 0 Å². The number of aryl methyl sites for hydroxylation is 1. The number of benzene rings is 2. The van der Waals surface area contributed by atoms with E-state index in [4.69, 9.17) is 4.74 Å². The highest BCUT2D eigenvalue weighted by atomic mass is 16.5. The van der Waals surface area contributed by atoms with E-state index in [0.717, 1.165) is 43.9 Å². The second kappa shape index (κ2) is 8.84. The van der Waals surface area contributed by atoms with Crippen molar-refractivity contribution in [3.63, 3.8) is 0 Å². The quantitative estimate of drug-likeness (QED) is 0.753. The summed E-state index contributed by atoms with van der Waals surface area (Å²) in [6, 6.07) is 14.4. The first-order valence-corrected chi connectivity index (χ1v) is 10.4. The number of hydrogen-bond acceptors (Lipinski definition) is 5. The molecule has 0 aliphatic carbocycles. The molecule has 0 saturated carbocycles. The molecule has 0 unspecified atom stereocenters. The fourth-order valence-corrected chi connectivity index (χ4v) is 3.97. The van der Waals surface area contributed by atoms with Gasteiger partial charge in [0.25, 0.3) is 0 Å². The largest absolute Gasteiger partial charge is 0.491 e. The number of nitrogens with one attached hydrogen (secondary N) is 1. The molecule has 0 spiro atoms. The van der Waals surface area contributed by atoms with Crippen molar-refractivity contribution in [2.75, 3.05) is 49.5 Å². The predicted molar refractivity (Wildman–Crippen MR) is 115 cm³/mol. The fraction of sp³-hybridized carbons (Fsp3) is 0.435. The molecule has 6 nitrogen and oxygen atoms in total. The van der Waals surface area contributed by atoms with Crippen molar-refractivity contribution in [3.05, 3.63) is 53.6 Å². The molecule has 2 aromatic carbocycles. The summed E-state index contributed by atoms with van der Waals surface area (Å²) in [6.45, 7) is 6.81. The Morgan fingerprint density at radius 2 is 1.86 bits per heavy atom. The van der Waals surface area contributed by atoms with Crippen LogP contribution in [0.5, 0.6) is 5.75 Å². The van der Waals surface area contributed by atoms with Crippen LogP contribution in [0.3, 0.4) is 0 Å². The zero-order chi connectivity index (χ0) is 20.2. The Morgan fingerprint density at radius 1 is 1.10 bits per heavy atom. The topological polar surface area (TPSA) is 65.0 Å². The van der Waals surface area contributed by atoms with E-state index < -0.39 is 6.10 Å². The van der Waals surface area contributed by atoms with Crippen LogP contribution >= 0.6 is 0 Å². The van der Waals surface area contributed by atoms with Gasteiger partial charge >= 0.3 is 0 Å². The summed E-state index contributed by atoms with van der Waals surface area (Å²) in [5.74, 6) is 0.706. The maximum absolute atomic E-state index is 11.4. The molecule has 29 heavy (non-hydrogen) atoms. The molecular formula is C23H29N3O3. The van der Waals surface area contributed by atoms with Gasteiger partial charge in [-0.15, -0.1) is 0 Å². The number of piperazine rings is 1. The average molecular weight is 396 g/mol. The summed E-state index contributed by atoms with van der Waals surface area (Å²) >= 11 is 0. The van der Waals surface area contributed by atoms with Crippen molar-refractivity contribution in [1.82, 2.24) is 4.90 Å². The predicted octanol–water partition coefficient (Wildman–Crippen LogP) is 2.31. The molecule has 6 heteroatoms. The molecule has 2 heterocycles. The molecule has 1 amide bonds. The molecule has 2 aliphatic heterocycles. The van der Waals surface area contributed by atoms with Crippen molar-refractivity contribution in [2.24, 2.45) is 0 Å². The lowest BCUT2D eigenvalue weighted by Gasteiger charge is -2.37. The van der Waals surface area contributed by atoms with Crippen LogP contribution in [0, 0.1) is 0 Å². The number of fused-ring (bicyclic) bond motifs is 1. The lowest BCUT2D eigenvalue weighted by molar-refractivity contribution is -0.115. The van der Waals surface area contributed by atoms with Crippen molar-refractivity contribution >= 4 is 17.3 Å². The van der Waals surface area contributed by atoms with Gasteiger partial charge < -0.3 is 20.1 Å². The minimum absolute atomic E-state index is 0.0117. The number of hydrogen-bond donors (Lipinski definition) is 2. The third-order valence-corrected chi connectivity index (χ3v) is 5.70. The van der Waals surface area contributed by atoms with Crippen LogP contribution in [0.1, 0.15) is 18.1 Å². The van der Waals surface area contributed by atoms with Crippen LogP contribution in [0.2, 0.25) is 0 Å². The highest BCUT2D eigenvalue weighted by Crippen LogP contribution is 2.27. The van der Waals surface area contributed by atoms with Crippen LogP contribution < -0.4 is 15.0 Å². The first-order chi connectivity index (χ1) is 14.1. The molecule has 154 valence electrons. The molecule has 1 fully saturated rings. The van der Waals surface area contributed by atoms with Gasteiger partial charge in [0.15, 0.2) is 0 Å². The smallest absolute Gasteiger partial charge is 0.228 e. The van der Waals surface area contributed by atoms with E-state index >= 15 is 0 Å². The minimum Gasteiger partial charge on any atom is -0.491 e. The molecule has 0 radical (unpaired) electrons. The Kier molecular flexibility index (Phi) is 6.02. The van der Waals surface area contributed by atoms with Gasteiger partial charge in [-0.3, -0.25) is 9.69 Å². The van der Waals surface area contributed by atoms with Crippen LogP contribution in [0.25, 0.3) is 0 Å². The standard InChI is InChI=1S/C23H29N3O3/c1-2-17-3-5-19(6-4-17)26-11-9-25(10-12-26)15-20(27)16-29-21-7-8-22-18(13-21)14-23(28)24-22/h3-8,13,20,27H,2,9-12,14-16H2,1H3,(H,24,28)/t20-/m0/s1. The molecule has 1 atom stereocenters. The number of aliphatic hydroxyl groups is 1. The van der Waals surface area contributed by atoms with Gasteiger partial charge in [-0.2, -0.15) is 0 Å². The summed E-state index contributed by atoms with van der Waals surface area (Å²) in [5.41, 5.74) is 4.44.